The van der Waals surface area contributed by atoms with Crippen LogP contribution in [0, 0.1) is 11.3 Å². The highest BCUT2D eigenvalue weighted by atomic mass is 19.4. The minimum absolute atomic E-state index is 0.0292. The van der Waals surface area contributed by atoms with Gasteiger partial charge in [-0.1, -0.05) is 24.3 Å². The molecule has 6 nitrogen and oxygen atoms in total. The van der Waals surface area contributed by atoms with Crippen LogP contribution in [0.3, 0.4) is 0 Å². The lowest BCUT2D eigenvalue weighted by Gasteiger charge is -2.28. The van der Waals surface area contributed by atoms with Gasteiger partial charge in [-0.15, -0.1) is 0 Å². The maximum absolute atomic E-state index is 13.2. The van der Waals surface area contributed by atoms with Crippen molar-refractivity contribution in [2.45, 2.75) is 38.4 Å². The van der Waals surface area contributed by atoms with E-state index in [-0.39, 0.29) is 42.9 Å². The van der Waals surface area contributed by atoms with Gasteiger partial charge in [0.1, 0.15) is 5.78 Å². The molecule has 0 aromatic heterocycles. The molecule has 0 saturated carbocycles. The number of amides is 1. The largest absolute Gasteiger partial charge is 0.418 e. The zero-order valence-corrected chi connectivity index (χ0v) is 19.3. The molecule has 2 heterocycles. The number of ketones is 1. The van der Waals surface area contributed by atoms with Gasteiger partial charge in [0.15, 0.2) is 0 Å². The first kappa shape index (κ1) is 25.2. The Labute approximate surface area is 202 Å². The Bertz CT molecular complexity index is 1030. The highest BCUT2D eigenvalue weighted by Gasteiger charge is 2.45. The third-order valence-corrected chi connectivity index (χ3v) is 6.69. The van der Waals surface area contributed by atoms with Gasteiger partial charge in [-0.2, -0.15) is 13.2 Å². The van der Waals surface area contributed by atoms with Crippen LogP contribution in [0.2, 0.25) is 0 Å². The van der Waals surface area contributed by atoms with Gasteiger partial charge < -0.3 is 20.1 Å². The van der Waals surface area contributed by atoms with Gasteiger partial charge in [0.05, 0.1) is 23.3 Å². The molecular formula is C26H29F3N2O4. The van der Waals surface area contributed by atoms with Gasteiger partial charge in [-0.05, 0) is 49.1 Å². The fraction of sp³-hybridized carbons (Fsp3) is 0.462. The molecule has 2 fully saturated rings. The van der Waals surface area contributed by atoms with E-state index in [9.17, 15) is 22.8 Å². The third-order valence-electron chi connectivity index (χ3n) is 6.69. The minimum atomic E-state index is -4.46. The average molecular weight is 491 g/mol. The molecule has 0 unspecified atom stereocenters. The summed E-state index contributed by atoms with van der Waals surface area (Å²) in [6.07, 6.45) is -2.43. The lowest BCUT2D eigenvalue weighted by molar-refractivity contribution is -0.138. The van der Waals surface area contributed by atoms with Crippen molar-refractivity contribution in [3.05, 3.63) is 59.7 Å². The van der Waals surface area contributed by atoms with Crippen LogP contribution in [-0.2, 0) is 31.8 Å². The summed E-state index contributed by atoms with van der Waals surface area (Å²) in [6, 6.07) is 12.1. The van der Waals surface area contributed by atoms with Crippen molar-refractivity contribution in [2.75, 3.05) is 31.7 Å². The van der Waals surface area contributed by atoms with E-state index in [1.807, 2.05) is 0 Å². The Hall–Kier alpha value is -2.91. The lowest BCUT2D eigenvalue weighted by Crippen LogP contribution is -2.44. The van der Waals surface area contributed by atoms with Crippen LogP contribution < -0.4 is 10.6 Å². The molecule has 2 aliphatic heterocycles. The third kappa shape index (κ3) is 6.21. The van der Waals surface area contributed by atoms with Crippen LogP contribution in [0.1, 0.15) is 36.8 Å². The number of para-hydroxylation sites is 1. The summed E-state index contributed by atoms with van der Waals surface area (Å²) in [5.41, 5.74) is -0.343. The molecule has 2 aliphatic rings. The molecular weight excluding hydrogens is 461 g/mol. The zero-order valence-electron chi connectivity index (χ0n) is 19.3. The molecule has 2 aromatic rings. The van der Waals surface area contributed by atoms with Gasteiger partial charge in [0, 0.05) is 44.4 Å². The predicted molar refractivity (Wildman–Crippen MR) is 124 cm³/mol. The number of Topliss-reactive ketones (excluding diaryl/α,β-unsaturated/α-hetero) is 1. The van der Waals surface area contributed by atoms with Crippen molar-refractivity contribution in [2.24, 2.45) is 11.3 Å². The zero-order chi connectivity index (χ0) is 24.9. The summed E-state index contributed by atoms with van der Waals surface area (Å²) in [6.45, 7) is 2.03. The smallest absolute Gasteiger partial charge is 0.381 e. The number of alkyl halides is 3. The molecule has 2 saturated heterocycles. The Kier molecular flexibility index (Phi) is 7.76. The molecule has 0 radical (unpaired) electrons. The van der Waals surface area contributed by atoms with E-state index in [4.69, 9.17) is 9.47 Å². The number of carbonyl (C=O) groups excluding carboxylic acids is 2. The number of benzene rings is 2. The maximum Gasteiger partial charge on any atom is 0.418 e. The molecule has 188 valence electrons. The number of nitrogens with one attached hydrogen (secondary N) is 2. The van der Waals surface area contributed by atoms with Gasteiger partial charge in [0.2, 0.25) is 5.91 Å². The Morgan fingerprint density at radius 1 is 0.971 bits per heavy atom. The predicted octanol–water partition coefficient (Wildman–Crippen LogP) is 4.86. The second-order valence-electron chi connectivity index (χ2n) is 9.16. The molecule has 1 amide bonds. The van der Waals surface area contributed by atoms with E-state index in [0.717, 1.165) is 11.6 Å². The van der Waals surface area contributed by atoms with Crippen molar-refractivity contribution in [3.8, 4) is 0 Å². The number of hydrogen-bond acceptors (Lipinski definition) is 5. The number of carbonyl (C=O) groups is 2. The van der Waals surface area contributed by atoms with Gasteiger partial charge in [0.25, 0.3) is 0 Å². The fourth-order valence-corrected chi connectivity index (χ4v) is 4.57. The number of halogens is 3. The molecule has 0 spiro atoms. The topological polar surface area (TPSA) is 76.7 Å². The quantitative estimate of drug-likeness (QED) is 0.553. The van der Waals surface area contributed by atoms with Gasteiger partial charge in [-0.25, -0.2) is 0 Å². The van der Waals surface area contributed by atoms with E-state index in [0.29, 0.717) is 44.8 Å². The molecule has 0 aliphatic carbocycles. The van der Waals surface area contributed by atoms with Crippen molar-refractivity contribution in [3.63, 3.8) is 0 Å². The Balaban J connectivity index is 1.36. The molecule has 1 atom stereocenters. The second-order valence-corrected chi connectivity index (χ2v) is 9.16. The minimum Gasteiger partial charge on any atom is -0.381 e. The highest BCUT2D eigenvalue weighted by Crippen LogP contribution is 2.37. The first-order valence-electron chi connectivity index (χ1n) is 11.8. The van der Waals surface area contributed by atoms with Crippen LogP contribution >= 0.6 is 0 Å². The Morgan fingerprint density at radius 2 is 1.69 bits per heavy atom. The Morgan fingerprint density at radius 3 is 2.34 bits per heavy atom. The number of rotatable bonds is 8. The first-order valence-corrected chi connectivity index (χ1v) is 11.8. The summed E-state index contributed by atoms with van der Waals surface area (Å²) < 4.78 is 50.5. The lowest BCUT2D eigenvalue weighted by atomic mass is 9.77. The summed E-state index contributed by atoms with van der Waals surface area (Å²) in [5, 5.41) is 5.73. The summed E-state index contributed by atoms with van der Waals surface area (Å²) >= 11 is 0. The molecule has 2 aromatic carbocycles. The SMILES string of the molecule is O=C(C[C@@]1(C(=O)NCc2ccc(Nc3ccccc3C(F)(F)F)cc2)CCOC1)C1CCOCC1. The van der Waals surface area contributed by atoms with Crippen LogP contribution in [0.25, 0.3) is 0 Å². The molecule has 2 N–H and O–H groups in total. The van der Waals surface area contributed by atoms with E-state index < -0.39 is 17.2 Å². The highest BCUT2D eigenvalue weighted by molar-refractivity contribution is 5.91. The van der Waals surface area contributed by atoms with Crippen LogP contribution in [0.4, 0.5) is 24.5 Å². The van der Waals surface area contributed by atoms with Crippen LogP contribution in [-0.4, -0.2) is 38.1 Å². The summed E-state index contributed by atoms with van der Waals surface area (Å²) in [7, 11) is 0. The number of ether oxygens (including phenoxy) is 2. The van der Waals surface area contributed by atoms with Crippen LogP contribution in [0.15, 0.2) is 48.5 Å². The number of anilines is 2. The van der Waals surface area contributed by atoms with Crippen molar-refractivity contribution in [1.29, 1.82) is 0 Å². The summed E-state index contributed by atoms with van der Waals surface area (Å²) in [4.78, 5) is 26.0. The van der Waals surface area contributed by atoms with E-state index in [1.165, 1.54) is 18.2 Å². The molecule has 35 heavy (non-hydrogen) atoms. The van der Waals surface area contributed by atoms with Gasteiger partial charge >= 0.3 is 6.18 Å². The first-order chi connectivity index (χ1) is 16.8. The van der Waals surface area contributed by atoms with Gasteiger partial charge in [-0.3, -0.25) is 9.59 Å². The fourth-order valence-electron chi connectivity index (χ4n) is 4.57. The number of hydrogen-bond donors (Lipinski definition) is 2. The van der Waals surface area contributed by atoms with Crippen molar-refractivity contribution in [1.82, 2.24) is 5.32 Å². The summed E-state index contributed by atoms with van der Waals surface area (Å²) in [5.74, 6) is -0.197. The normalized spacial score (nSPS) is 21.0. The molecule has 9 heteroatoms. The average Bonchev–Trinajstić information content (AvgIpc) is 3.33. The standard InChI is InChI=1S/C26H29F3N2O4/c27-26(28,29)21-3-1-2-4-22(21)31-20-7-5-18(6-8-20)16-30-24(33)25(11-14-35-17-25)15-23(32)19-9-12-34-13-10-19/h1-8,19,31H,9-17H2,(H,30,33)/t25-/m0/s1. The maximum atomic E-state index is 13.2. The molecule has 0 bridgehead atoms. The molecule has 4 rings (SSSR count). The van der Waals surface area contributed by atoms with Crippen molar-refractivity contribution >= 4 is 23.1 Å². The van der Waals surface area contributed by atoms with Crippen LogP contribution in [0.5, 0.6) is 0 Å². The van der Waals surface area contributed by atoms with E-state index in [2.05, 4.69) is 10.6 Å². The van der Waals surface area contributed by atoms with Crippen molar-refractivity contribution < 1.29 is 32.2 Å². The monoisotopic (exact) mass is 490 g/mol. The van der Waals surface area contributed by atoms with E-state index in [1.54, 1.807) is 24.3 Å². The second kappa shape index (κ2) is 10.8. The van der Waals surface area contributed by atoms with E-state index >= 15 is 0 Å².